The molecule has 0 aromatic heterocycles. The van der Waals surface area contributed by atoms with Crippen LogP contribution in [0.25, 0.3) is 0 Å². The predicted octanol–water partition coefficient (Wildman–Crippen LogP) is -0.170. The maximum Gasteiger partial charge on any atom is 0.353 e. The first kappa shape index (κ1) is 5.37. The lowest BCUT2D eigenvalue weighted by atomic mass is 10.4. The van der Waals surface area contributed by atoms with E-state index in [0.29, 0.717) is 0 Å². The van der Waals surface area contributed by atoms with Gasteiger partial charge < -0.3 is 4.74 Å². The smallest absolute Gasteiger partial charge is 0.353 e. The summed E-state index contributed by atoms with van der Waals surface area (Å²) < 4.78 is 4.05. The summed E-state index contributed by atoms with van der Waals surface area (Å²) in [4.78, 5) is 20.4. The van der Waals surface area contributed by atoms with Gasteiger partial charge in [0.1, 0.15) is 4.86 Å². The molecule has 0 aromatic rings. The highest BCUT2D eigenvalue weighted by Gasteiger charge is 2.26. The van der Waals surface area contributed by atoms with E-state index in [4.69, 9.17) is 0 Å². The van der Waals surface area contributed by atoms with E-state index in [0.717, 1.165) is 0 Å². The van der Waals surface area contributed by atoms with Gasteiger partial charge in [-0.15, -0.1) is 0 Å². The maximum atomic E-state index is 10.2. The third-order valence-electron chi connectivity index (χ3n) is 0.739. The fourth-order valence-corrected chi connectivity index (χ4v) is 0.559. The largest absolute Gasteiger partial charge is 0.389 e. The SMILES string of the molecule is O=C1CC(=S)C(=O)O1. The van der Waals surface area contributed by atoms with E-state index >= 15 is 0 Å². The van der Waals surface area contributed by atoms with E-state index in [1.807, 2.05) is 0 Å². The number of esters is 2. The van der Waals surface area contributed by atoms with Crippen molar-refractivity contribution in [1.82, 2.24) is 0 Å². The monoisotopic (exact) mass is 130 g/mol. The van der Waals surface area contributed by atoms with Crippen LogP contribution in [0.1, 0.15) is 6.42 Å². The standard InChI is InChI=1S/C4H2O3S/c5-3-1-2(8)4(6)7-3/h1H2. The molecule has 1 aliphatic rings. The lowest BCUT2D eigenvalue weighted by molar-refractivity contribution is -0.150. The third kappa shape index (κ3) is 0.742. The summed E-state index contributed by atoms with van der Waals surface area (Å²) in [6, 6.07) is 0. The Morgan fingerprint density at radius 3 is 2.25 bits per heavy atom. The van der Waals surface area contributed by atoms with Crippen molar-refractivity contribution in [2.45, 2.75) is 6.42 Å². The number of rotatable bonds is 0. The highest BCUT2D eigenvalue weighted by atomic mass is 32.1. The van der Waals surface area contributed by atoms with Gasteiger partial charge >= 0.3 is 11.9 Å². The van der Waals surface area contributed by atoms with E-state index in [9.17, 15) is 9.59 Å². The fraction of sp³-hybridized carbons (Fsp3) is 0.250. The molecule has 0 amide bonds. The normalized spacial score (nSPS) is 19.2. The van der Waals surface area contributed by atoms with Gasteiger partial charge in [-0.3, -0.25) is 4.79 Å². The highest BCUT2D eigenvalue weighted by molar-refractivity contribution is 7.82. The first-order chi connectivity index (χ1) is 3.70. The zero-order chi connectivity index (χ0) is 6.15. The van der Waals surface area contributed by atoms with Gasteiger partial charge in [0.05, 0.1) is 6.42 Å². The molecule has 1 saturated heterocycles. The Morgan fingerprint density at radius 1 is 1.50 bits per heavy atom. The second-order valence-electron chi connectivity index (χ2n) is 1.36. The fourth-order valence-electron chi connectivity index (χ4n) is 0.400. The lowest BCUT2D eigenvalue weighted by Crippen LogP contribution is -2.01. The average Bonchev–Trinajstić information content (AvgIpc) is 1.85. The zero-order valence-electron chi connectivity index (χ0n) is 3.84. The van der Waals surface area contributed by atoms with Crippen LogP contribution >= 0.6 is 12.2 Å². The van der Waals surface area contributed by atoms with Crippen molar-refractivity contribution < 1.29 is 14.3 Å². The van der Waals surface area contributed by atoms with Crippen LogP contribution in [0.15, 0.2) is 0 Å². The van der Waals surface area contributed by atoms with Gasteiger partial charge in [0, 0.05) is 0 Å². The molecule has 1 rings (SSSR count). The molecule has 42 valence electrons. The van der Waals surface area contributed by atoms with Crippen LogP contribution in [-0.4, -0.2) is 16.8 Å². The summed E-state index contributed by atoms with van der Waals surface area (Å²) in [6.07, 6.45) is -0.0197. The molecule has 1 fully saturated rings. The molecule has 1 aliphatic heterocycles. The Kier molecular flexibility index (Phi) is 1.09. The van der Waals surface area contributed by atoms with Gasteiger partial charge in [-0.25, -0.2) is 4.79 Å². The number of hydrogen-bond acceptors (Lipinski definition) is 4. The number of hydrogen-bond donors (Lipinski definition) is 0. The minimum Gasteiger partial charge on any atom is -0.389 e. The third-order valence-corrected chi connectivity index (χ3v) is 1.05. The molecule has 0 spiro atoms. The molecule has 0 unspecified atom stereocenters. The van der Waals surface area contributed by atoms with Gasteiger partial charge in [0.2, 0.25) is 0 Å². The van der Waals surface area contributed by atoms with Crippen molar-refractivity contribution in [3.05, 3.63) is 0 Å². The van der Waals surface area contributed by atoms with Gasteiger partial charge in [-0.05, 0) is 0 Å². The van der Waals surface area contributed by atoms with Crippen LogP contribution in [0.5, 0.6) is 0 Å². The van der Waals surface area contributed by atoms with Crippen molar-refractivity contribution in [2.24, 2.45) is 0 Å². The Bertz CT molecular complexity index is 154. The molecule has 0 aromatic carbocycles. The van der Waals surface area contributed by atoms with E-state index in [-0.39, 0.29) is 11.3 Å². The molecule has 3 nitrogen and oxygen atoms in total. The minimum absolute atomic E-state index is 0.0197. The minimum atomic E-state index is -0.662. The molecule has 4 heteroatoms. The maximum absolute atomic E-state index is 10.2. The molecule has 0 atom stereocenters. The molecule has 0 saturated carbocycles. The van der Waals surface area contributed by atoms with Crippen molar-refractivity contribution in [3.8, 4) is 0 Å². The first-order valence-electron chi connectivity index (χ1n) is 1.98. The van der Waals surface area contributed by atoms with Crippen LogP contribution in [0.4, 0.5) is 0 Å². The van der Waals surface area contributed by atoms with E-state index < -0.39 is 11.9 Å². The molecule has 0 aliphatic carbocycles. The number of ether oxygens (including phenoxy) is 1. The summed E-state index contributed by atoms with van der Waals surface area (Å²) in [5, 5.41) is 0. The van der Waals surface area contributed by atoms with Crippen LogP contribution in [0.2, 0.25) is 0 Å². The Hall–Kier alpha value is -0.770. The van der Waals surface area contributed by atoms with Crippen molar-refractivity contribution in [2.75, 3.05) is 0 Å². The molecule has 0 bridgehead atoms. The summed E-state index contributed by atoms with van der Waals surface area (Å²) in [7, 11) is 0. The number of carbonyl (C=O) groups excluding carboxylic acids is 2. The van der Waals surface area contributed by atoms with Crippen LogP contribution in [-0.2, 0) is 14.3 Å². The molecular formula is C4H2O3S. The van der Waals surface area contributed by atoms with Gasteiger partial charge in [-0.1, -0.05) is 12.2 Å². The Morgan fingerprint density at radius 2 is 2.12 bits per heavy atom. The van der Waals surface area contributed by atoms with Crippen LogP contribution in [0.3, 0.4) is 0 Å². The van der Waals surface area contributed by atoms with Crippen LogP contribution < -0.4 is 0 Å². The second kappa shape index (κ2) is 1.63. The lowest BCUT2D eigenvalue weighted by Gasteiger charge is -1.79. The van der Waals surface area contributed by atoms with Gasteiger partial charge in [0.25, 0.3) is 0 Å². The van der Waals surface area contributed by atoms with E-state index in [2.05, 4.69) is 17.0 Å². The van der Waals surface area contributed by atoms with Gasteiger partial charge in [-0.2, -0.15) is 0 Å². The number of cyclic esters (lactones) is 2. The summed E-state index contributed by atoms with van der Waals surface area (Å²) in [5.74, 6) is -1.20. The average molecular weight is 130 g/mol. The Balaban J connectivity index is 2.79. The highest BCUT2D eigenvalue weighted by Crippen LogP contribution is 2.02. The topological polar surface area (TPSA) is 43.4 Å². The van der Waals surface area contributed by atoms with Crippen molar-refractivity contribution >= 4 is 29.0 Å². The summed E-state index contributed by atoms with van der Waals surface area (Å²) in [5.41, 5.74) is 0. The molecule has 8 heavy (non-hydrogen) atoms. The van der Waals surface area contributed by atoms with Gasteiger partial charge in [0.15, 0.2) is 0 Å². The molecule has 0 N–H and O–H groups in total. The Labute approximate surface area is 50.6 Å². The van der Waals surface area contributed by atoms with Crippen molar-refractivity contribution in [3.63, 3.8) is 0 Å². The molecular weight excluding hydrogens is 128 g/mol. The van der Waals surface area contributed by atoms with E-state index in [1.165, 1.54) is 0 Å². The zero-order valence-corrected chi connectivity index (χ0v) is 4.66. The van der Waals surface area contributed by atoms with Crippen LogP contribution in [0, 0.1) is 0 Å². The van der Waals surface area contributed by atoms with Crippen molar-refractivity contribution in [1.29, 1.82) is 0 Å². The van der Waals surface area contributed by atoms with E-state index in [1.54, 1.807) is 0 Å². The summed E-state index contributed by atoms with van der Waals surface area (Å²) >= 11 is 4.42. The quantitative estimate of drug-likeness (QED) is 0.259. The first-order valence-corrected chi connectivity index (χ1v) is 2.39. The number of carbonyl (C=O) groups is 2. The second-order valence-corrected chi connectivity index (χ2v) is 1.85. The number of thiocarbonyl (C=S) groups is 1. The molecule has 1 heterocycles. The predicted molar refractivity (Wildman–Crippen MR) is 28.3 cm³/mol. The summed E-state index contributed by atoms with van der Waals surface area (Å²) in [6.45, 7) is 0. The molecule has 0 radical (unpaired) electrons.